The second kappa shape index (κ2) is 7.79. The monoisotopic (exact) mass is 388 g/mol. The molecule has 0 radical (unpaired) electrons. The van der Waals surface area contributed by atoms with Crippen molar-refractivity contribution in [1.29, 1.82) is 0 Å². The van der Waals surface area contributed by atoms with Gasteiger partial charge in [-0.1, -0.05) is 29.8 Å². The summed E-state index contributed by atoms with van der Waals surface area (Å²) in [5.74, 6) is 0.284. The van der Waals surface area contributed by atoms with Crippen LogP contribution < -0.4 is 9.46 Å². The molecule has 0 amide bonds. The van der Waals surface area contributed by atoms with Gasteiger partial charge in [0.25, 0.3) is 10.0 Å². The van der Waals surface area contributed by atoms with Crippen LogP contribution in [-0.4, -0.2) is 39.5 Å². The second-order valence-corrected chi connectivity index (χ2v) is 7.74. The Morgan fingerprint density at radius 1 is 1.11 bits per heavy atom. The van der Waals surface area contributed by atoms with E-state index in [0.29, 0.717) is 11.3 Å². The zero-order chi connectivity index (χ0) is 19.4. The normalized spacial score (nSPS) is 17.0. The van der Waals surface area contributed by atoms with E-state index in [2.05, 4.69) is 9.71 Å². The Balaban J connectivity index is 1.55. The summed E-state index contributed by atoms with van der Waals surface area (Å²) in [6.45, 7) is 3.82. The summed E-state index contributed by atoms with van der Waals surface area (Å²) in [6, 6.07) is 13.2. The number of sulfonamides is 1. The maximum atomic E-state index is 12.1. The third-order valence-electron chi connectivity index (χ3n) is 3.94. The first-order valence-electron chi connectivity index (χ1n) is 8.43. The summed E-state index contributed by atoms with van der Waals surface area (Å²) in [4.78, 5) is 16.4. The van der Waals surface area contributed by atoms with Crippen molar-refractivity contribution in [2.24, 2.45) is 4.99 Å². The molecule has 0 bridgehead atoms. The van der Waals surface area contributed by atoms with Gasteiger partial charge in [-0.2, -0.15) is 0 Å². The highest BCUT2D eigenvalue weighted by molar-refractivity contribution is 7.90. The molecule has 1 aliphatic rings. The summed E-state index contributed by atoms with van der Waals surface area (Å²) in [7, 11) is -3.63. The molecule has 142 valence electrons. The number of rotatable bonds is 6. The van der Waals surface area contributed by atoms with Crippen LogP contribution in [0.1, 0.15) is 18.1 Å². The number of carbonyl (C=O) groups excluding carboxylic acids is 1. The fourth-order valence-electron chi connectivity index (χ4n) is 2.53. The molecule has 1 atom stereocenters. The van der Waals surface area contributed by atoms with Gasteiger partial charge in [0.05, 0.1) is 4.90 Å². The number of fused-ring (bicyclic) bond motifs is 1. The van der Waals surface area contributed by atoms with E-state index in [0.717, 1.165) is 5.56 Å². The average Bonchev–Trinajstić information content (AvgIpc) is 2.90. The van der Waals surface area contributed by atoms with Gasteiger partial charge in [-0.3, -0.25) is 9.71 Å². The first-order chi connectivity index (χ1) is 12.9. The summed E-state index contributed by atoms with van der Waals surface area (Å²) in [5, 5.41) is 0. The fraction of sp³-hybridized carbons (Fsp3) is 0.263. The van der Waals surface area contributed by atoms with Crippen molar-refractivity contribution in [1.82, 2.24) is 4.72 Å². The van der Waals surface area contributed by atoms with Gasteiger partial charge in [0.15, 0.2) is 0 Å². The molecule has 3 rings (SSSR count). The smallest absolute Gasteiger partial charge is 0.330 e. The van der Waals surface area contributed by atoms with Crippen LogP contribution in [0.25, 0.3) is 0 Å². The third-order valence-corrected chi connectivity index (χ3v) is 5.34. The molecule has 0 fully saturated rings. The number of benzene rings is 2. The van der Waals surface area contributed by atoms with Crippen LogP contribution in [0.3, 0.4) is 0 Å². The molecular formula is C19H20N2O5S. The van der Waals surface area contributed by atoms with Crippen LogP contribution in [0, 0.1) is 6.92 Å². The average molecular weight is 388 g/mol. The van der Waals surface area contributed by atoms with Crippen molar-refractivity contribution in [2.45, 2.75) is 24.8 Å². The molecule has 0 spiro atoms. The quantitative estimate of drug-likeness (QED) is 0.604. The van der Waals surface area contributed by atoms with E-state index in [1.54, 1.807) is 25.1 Å². The van der Waals surface area contributed by atoms with Crippen LogP contribution in [0.5, 0.6) is 5.75 Å². The molecule has 0 saturated carbocycles. The number of hydrogen-bond donors (Lipinski definition) is 1. The molecule has 1 aliphatic heterocycles. The van der Waals surface area contributed by atoms with E-state index in [9.17, 15) is 13.2 Å². The fourth-order valence-corrected chi connectivity index (χ4v) is 3.77. The van der Waals surface area contributed by atoms with Gasteiger partial charge in [0, 0.05) is 5.56 Å². The van der Waals surface area contributed by atoms with Crippen molar-refractivity contribution in [2.75, 3.05) is 13.2 Å². The van der Waals surface area contributed by atoms with Gasteiger partial charge in [-0.25, -0.2) is 13.2 Å². The predicted molar refractivity (Wildman–Crippen MR) is 100 cm³/mol. The van der Waals surface area contributed by atoms with Crippen molar-refractivity contribution < 1.29 is 22.7 Å². The molecule has 0 saturated heterocycles. The van der Waals surface area contributed by atoms with Gasteiger partial charge in [-0.15, -0.1) is 0 Å². The van der Waals surface area contributed by atoms with Gasteiger partial charge < -0.3 is 9.47 Å². The zero-order valence-corrected chi connectivity index (χ0v) is 15.8. The van der Waals surface area contributed by atoms with Crippen LogP contribution in [0.4, 0.5) is 0 Å². The number of hydrogen-bond acceptors (Lipinski definition) is 6. The van der Waals surface area contributed by atoms with E-state index in [1.165, 1.54) is 6.07 Å². The molecule has 2 aromatic rings. The predicted octanol–water partition coefficient (Wildman–Crippen LogP) is 2.04. The van der Waals surface area contributed by atoms with Gasteiger partial charge in [-0.05, 0) is 38.1 Å². The highest BCUT2D eigenvalue weighted by atomic mass is 32.2. The summed E-state index contributed by atoms with van der Waals surface area (Å²) in [6.07, 6.45) is 0. The molecule has 0 aliphatic carbocycles. The minimum atomic E-state index is -3.63. The Morgan fingerprint density at radius 3 is 2.56 bits per heavy atom. The lowest BCUT2D eigenvalue weighted by atomic mass is 10.2. The van der Waals surface area contributed by atoms with Gasteiger partial charge in [0.1, 0.15) is 30.8 Å². The lowest BCUT2D eigenvalue weighted by molar-refractivity contribution is -0.145. The number of ether oxygens (including phenoxy) is 2. The Kier molecular flexibility index (Phi) is 5.46. The van der Waals surface area contributed by atoms with E-state index in [-0.39, 0.29) is 23.9 Å². The summed E-state index contributed by atoms with van der Waals surface area (Å²) < 4.78 is 37.1. The molecule has 2 aromatic carbocycles. The van der Waals surface area contributed by atoms with Crippen LogP contribution in [0.2, 0.25) is 0 Å². The van der Waals surface area contributed by atoms with Crippen molar-refractivity contribution in [3.8, 4) is 5.75 Å². The summed E-state index contributed by atoms with van der Waals surface area (Å²) >= 11 is 0. The maximum absolute atomic E-state index is 12.1. The minimum Gasteiger partial charge on any atom is -0.490 e. The van der Waals surface area contributed by atoms with Crippen molar-refractivity contribution >= 4 is 21.8 Å². The Labute approximate surface area is 158 Å². The van der Waals surface area contributed by atoms with Crippen molar-refractivity contribution in [3.05, 3.63) is 59.7 Å². The SMILES string of the molecule is Cc1ccc(OCCOC(=O)[C@H](C)N=C2NS(=O)(=O)c3ccccc32)cc1. The van der Waals surface area contributed by atoms with Crippen LogP contribution >= 0.6 is 0 Å². The number of aliphatic imine (C=N–C) groups is 1. The molecule has 7 nitrogen and oxygen atoms in total. The molecule has 1 heterocycles. The minimum absolute atomic E-state index is 0.0736. The molecule has 0 unspecified atom stereocenters. The van der Waals surface area contributed by atoms with E-state index >= 15 is 0 Å². The number of esters is 1. The number of amidine groups is 1. The first-order valence-corrected chi connectivity index (χ1v) is 9.91. The molecule has 0 aromatic heterocycles. The Morgan fingerprint density at radius 2 is 1.81 bits per heavy atom. The summed E-state index contributed by atoms with van der Waals surface area (Å²) in [5.41, 5.74) is 1.57. The largest absolute Gasteiger partial charge is 0.490 e. The number of nitrogens with one attached hydrogen (secondary N) is 1. The maximum Gasteiger partial charge on any atom is 0.330 e. The lowest BCUT2D eigenvalue weighted by Gasteiger charge is -2.10. The zero-order valence-electron chi connectivity index (χ0n) is 15.0. The second-order valence-electron chi connectivity index (χ2n) is 6.08. The number of nitrogens with zero attached hydrogens (tertiary/aromatic N) is 1. The molecular weight excluding hydrogens is 368 g/mol. The standard InChI is InChI=1S/C19H20N2O5S/c1-13-7-9-15(10-8-13)25-11-12-26-19(22)14(2)20-18-16-5-3-4-6-17(16)27(23,24)21-18/h3-10,14H,11-12H2,1-2H3,(H,20,21)/t14-/m0/s1. The van der Waals surface area contributed by atoms with E-state index < -0.39 is 22.0 Å². The van der Waals surface area contributed by atoms with Crippen molar-refractivity contribution in [3.63, 3.8) is 0 Å². The van der Waals surface area contributed by atoms with Crippen LogP contribution in [-0.2, 0) is 19.6 Å². The van der Waals surface area contributed by atoms with E-state index in [1.807, 2.05) is 31.2 Å². The number of aryl methyl sites for hydroxylation is 1. The lowest BCUT2D eigenvalue weighted by Crippen LogP contribution is -2.27. The van der Waals surface area contributed by atoms with Gasteiger partial charge in [0.2, 0.25) is 0 Å². The van der Waals surface area contributed by atoms with Crippen LogP contribution in [0.15, 0.2) is 58.4 Å². The van der Waals surface area contributed by atoms with E-state index in [4.69, 9.17) is 9.47 Å². The third kappa shape index (κ3) is 4.46. The number of carbonyl (C=O) groups is 1. The Bertz CT molecular complexity index is 968. The highest BCUT2D eigenvalue weighted by Crippen LogP contribution is 2.22. The van der Waals surface area contributed by atoms with Gasteiger partial charge >= 0.3 is 5.97 Å². The molecule has 1 N–H and O–H groups in total. The molecule has 27 heavy (non-hydrogen) atoms. The molecule has 8 heteroatoms. The Hall–Kier alpha value is -2.87. The topological polar surface area (TPSA) is 94.1 Å². The highest BCUT2D eigenvalue weighted by Gasteiger charge is 2.31. The first kappa shape index (κ1) is 18.9.